The van der Waals surface area contributed by atoms with E-state index in [-0.39, 0.29) is 0 Å². The van der Waals surface area contributed by atoms with Crippen LogP contribution in [0.4, 0.5) is 0 Å². The van der Waals surface area contributed by atoms with E-state index >= 15 is 0 Å². The lowest BCUT2D eigenvalue weighted by Crippen LogP contribution is -2.19. The SMILES string of the molecule is C=CCC(NCc1cccs1)c1ccccc1. The molecular weight excluding hydrogens is 226 g/mol. The molecule has 2 aromatic rings. The third-order valence-electron chi connectivity index (χ3n) is 2.71. The lowest BCUT2D eigenvalue weighted by molar-refractivity contribution is 0.542. The predicted octanol–water partition coefficient (Wildman–Crippen LogP) is 4.16. The molecule has 0 aliphatic rings. The van der Waals surface area contributed by atoms with Crippen LogP contribution in [0.2, 0.25) is 0 Å². The Balaban J connectivity index is 2.00. The minimum Gasteiger partial charge on any atom is -0.305 e. The first-order valence-corrected chi connectivity index (χ1v) is 6.69. The van der Waals surface area contributed by atoms with Gasteiger partial charge in [0.2, 0.25) is 0 Å². The maximum absolute atomic E-state index is 3.83. The minimum atomic E-state index is 0.357. The van der Waals surface area contributed by atoms with Crippen molar-refractivity contribution in [3.05, 3.63) is 70.9 Å². The van der Waals surface area contributed by atoms with Crippen molar-refractivity contribution in [2.45, 2.75) is 19.0 Å². The van der Waals surface area contributed by atoms with Gasteiger partial charge in [0, 0.05) is 17.5 Å². The maximum atomic E-state index is 3.83. The summed E-state index contributed by atoms with van der Waals surface area (Å²) in [6, 6.07) is 15.1. The smallest absolute Gasteiger partial charge is 0.0358 e. The summed E-state index contributed by atoms with van der Waals surface area (Å²) in [5, 5.41) is 5.69. The van der Waals surface area contributed by atoms with E-state index in [1.165, 1.54) is 10.4 Å². The monoisotopic (exact) mass is 243 g/mol. The van der Waals surface area contributed by atoms with Crippen LogP contribution < -0.4 is 5.32 Å². The molecule has 0 aliphatic carbocycles. The fourth-order valence-corrected chi connectivity index (χ4v) is 2.48. The van der Waals surface area contributed by atoms with Crippen molar-refractivity contribution in [3.63, 3.8) is 0 Å². The van der Waals surface area contributed by atoms with Crippen LogP contribution >= 0.6 is 11.3 Å². The second kappa shape index (κ2) is 6.38. The summed E-state index contributed by atoms with van der Waals surface area (Å²) in [7, 11) is 0. The highest BCUT2D eigenvalue weighted by Gasteiger charge is 2.08. The standard InChI is InChI=1S/C15H17NS/c1-2-7-15(13-8-4-3-5-9-13)16-12-14-10-6-11-17-14/h2-6,8-11,15-16H,1,7,12H2. The van der Waals surface area contributed by atoms with Crippen molar-refractivity contribution in [1.29, 1.82) is 0 Å². The molecule has 1 aromatic carbocycles. The van der Waals surface area contributed by atoms with Gasteiger partial charge in [0.1, 0.15) is 0 Å². The van der Waals surface area contributed by atoms with Crippen molar-refractivity contribution in [2.75, 3.05) is 0 Å². The minimum absolute atomic E-state index is 0.357. The Kier molecular flexibility index (Phi) is 4.54. The summed E-state index contributed by atoms with van der Waals surface area (Å²) in [6.07, 6.45) is 2.93. The molecule has 1 atom stereocenters. The summed E-state index contributed by atoms with van der Waals surface area (Å²) in [5.41, 5.74) is 1.32. The third kappa shape index (κ3) is 3.55. The zero-order valence-electron chi connectivity index (χ0n) is 9.80. The first-order chi connectivity index (χ1) is 8.40. The van der Waals surface area contributed by atoms with Gasteiger partial charge in [0.05, 0.1) is 0 Å². The highest BCUT2D eigenvalue weighted by molar-refractivity contribution is 7.09. The van der Waals surface area contributed by atoms with Gasteiger partial charge in [0.25, 0.3) is 0 Å². The van der Waals surface area contributed by atoms with Gasteiger partial charge in [-0.2, -0.15) is 0 Å². The molecule has 0 amide bonds. The van der Waals surface area contributed by atoms with Gasteiger partial charge < -0.3 is 5.32 Å². The van der Waals surface area contributed by atoms with Crippen molar-refractivity contribution >= 4 is 11.3 Å². The highest BCUT2D eigenvalue weighted by Crippen LogP contribution is 2.18. The molecular formula is C15H17NS. The number of benzene rings is 1. The Labute approximate surface area is 107 Å². The Bertz CT molecular complexity index is 433. The Morgan fingerprint density at radius 3 is 2.65 bits per heavy atom. The van der Waals surface area contributed by atoms with Crippen LogP contribution in [-0.2, 0) is 6.54 Å². The molecule has 2 rings (SSSR count). The molecule has 0 bridgehead atoms. The molecule has 1 unspecified atom stereocenters. The predicted molar refractivity (Wildman–Crippen MR) is 75.2 cm³/mol. The molecule has 1 aromatic heterocycles. The highest BCUT2D eigenvalue weighted by atomic mass is 32.1. The molecule has 0 spiro atoms. The fourth-order valence-electron chi connectivity index (χ4n) is 1.83. The topological polar surface area (TPSA) is 12.0 Å². The number of hydrogen-bond acceptors (Lipinski definition) is 2. The summed E-state index contributed by atoms with van der Waals surface area (Å²) in [5.74, 6) is 0. The van der Waals surface area contributed by atoms with E-state index in [9.17, 15) is 0 Å². The zero-order chi connectivity index (χ0) is 11.9. The van der Waals surface area contributed by atoms with Crippen LogP contribution in [0.15, 0.2) is 60.5 Å². The summed E-state index contributed by atoms with van der Waals surface area (Å²) < 4.78 is 0. The first kappa shape index (κ1) is 12.1. The number of nitrogens with one attached hydrogen (secondary N) is 1. The van der Waals surface area contributed by atoms with E-state index in [1.807, 2.05) is 12.1 Å². The summed E-state index contributed by atoms with van der Waals surface area (Å²) in [6.45, 7) is 4.76. The van der Waals surface area contributed by atoms with Crippen molar-refractivity contribution < 1.29 is 0 Å². The van der Waals surface area contributed by atoms with E-state index < -0.39 is 0 Å². The number of thiophene rings is 1. The molecule has 0 saturated carbocycles. The van der Waals surface area contributed by atoms with Gasteiger partial charge in [-0.3, -0.25) is 0 Å². The molecule has 0 fully saturated rings. The van der Waals surface area contributed by atoms with Crippen molar-refractivity contribution in [1.82, 2.24) is 5.32 Å². The number of rotatable bonds is 6. The quantitative estimate of drug-likeness (QED) is 0.751. The summed E-state index contributed by atoms with van der Waals surface area (Å²) in [4.78, 5) is 1.37. The van der Waals surface area contributed by atoms with Crippen molar-refractivity contribution in [2.24, 2.45) is 0 Å². The van der Waals surface area contributed by atoms with Crippen LogP contribution in [0.1, 0.15) is 22.9 Å². The van der Waals surface area contributed by atoms with E-state index in [0.29, 0.717) is 6.04 Å². The van der Waals surface area contributed by atoms with Crippen LogP contribution in [0.25, 0.3) is 0 Å². The van der Waals surface area contributed by atoms with Crippen LogP contribution in [0.3, 0.4) is 0 Å². The van der Waals surface area contributed by atoms with Crippen LogP contribution in [-0.4, -0.2) is 0 Å². The number of hydrogen-bond donors (Lipinski definition) is 1. The Hall–Kier alpha value is -1.38. The molecule has 88 valence electrons. The van der Waals surface area contributed by atoms with Gasteiger partial charge in [-0.05, 0) is 23.4 Å². The average Bonchev–Trinajstić information content (AvgIpc) is 2.88. The Morgan fingerprint density at radius 2 is 2.00 bits per heavy atom. The van der Waals surface area contributed by atoms with E-state index in [0.717, 1.165) is 13.0 Å². The fraction of sp³-hybridized carbons (Fsp3) is 0.200. The average molecular weight is 243 g/mol. The lowest BCUT2D eigenvalue weighted by Gasteiger charge is -2.17. The van der Waals surface area contributed by atoms with Gasteiger partial charge in [-0.15, -0.1) is 17.9 Å². The Morgan fingerprint density at radius 1 is 1.18 bits per heavy atom. The molecule has 0 saturated heterocycles. The van der Waals surface area contributed by atoms with Gasteiger partial charge >= 0.3 is 0 Å². The maximum Gasteiger partial charge on any atom is 0.0358 e. The molecule has 17 heavy (non-hydrogen) atoms. The van der Waals surface area contributed by atoms with E-state index in [2.05, 4.69) is 53.7 Å². The van der Waals surface area contributed by atoms with Crippen molar-refractivity contribution in [3.8, 4) is 0 Å². The van der Waals surface area contributed by atoms with Crippen LogP contribution in [0.5, 0.6) is 0 Å². The third-order valence-corrected chi connectivity index (χ3v) is 3.58. The first-order valence-electron chi connectivity index (χ1n) is 5.82. The second-order valence-electron chi connectivity index (χ2n) is 3.95. The normalized spacial score (nSPS) is 12.2. The second-order valence-corrected chi connectivity index (χ2v) is 4.98. The molecule has 0 radical (unpaired) electrons. The summed E-state index contributed by atoms with van der Waals surface area (Å²) >= 11 is 1.79. The van der Waals surface area contributed by atoms with E-state index in [4.69, 9.17) is 0 Å². The molecule has 1 nitrogen and oxygen atoms in total. The molecule has 0 aliphatic heterocycles. The van der Waals surface area contributed by atoms with Crippen LogP contribution in [0, 0.1) is 0 Å². The molecule has 2 heteroatoms. The van der Waals surface area contributed by atoms with Gasteiger partial charge in [-0.1, -0.05) is 42.5 Å². The molecule has 1 heterocycles. The largest absolute Gasteiger partial charge is 0.305 e. The van der Waals surface area contributed by atoms with E-state index in [1.54, 1.807) is 11.3 Å². The van der Waals surface area contributed by atoms with Gasteiger partial charge in [-0.25, -0.2) is 0 Å². The molecule has 1 N–H and O–H groups in total. The lowest BCUT2D eigenvalue weighted by atomic mass is 10.0. The van der Waals surface area contributed by atoms with Gasteiger partial charge in [0.15, 0.2) is 0 Å². The zero-order valence-corrected chi connectivity index (χ0v) is 10.6.